The molecular weight excluding hydrogens is 304 g/mol. The van der Waals surface area contributed by atoms with Gasteiger partial charge in [-0.15, -0.1) is 0 Å². The van der Waals surface area contributed by atoms with Gasteiger partial charge in [-0.25, -0.2) is 8.78 Å². The van der Waals surface area contributed by atoms with Gasteiger partial charge in [-0.05, 0) is 41.1 Å². The Labute approximate surface area is 112 Å². The van der Waals surface area contributed by atoms with Gasteiger partial charge in [0.15, 0.2) is 0 Å². The molecule has 0 fully saturated rings. The van der Waals surface area contributed by atoms with E-state index in [1.807, 2.05) is 13.0 Å². The first-order valence-corrected chi connectivity index (χ1v) is 6.29. The van der Waals surface area contributed by atoms with E-state index >= 15 is 0 Å². The fourth-order valence-electron chi connectivity index (χ4n) is 1.68. The Morgan fingerprint density at radius 2 is 2.11 bits per heavy atom. The van der Waals surface area contributed by atoms with Crippen molar-refractivity contribution in [1.82, 2.24) is 0 Å². The number of hydrogen-bond donors (Lipinski definition) is 1. The number of nitrogens with one attached hydrogen (secondary N) is 1. The molecule has 0 saturated heterocycles. The van der Waals surface area contributed by atoms with E-state index in [0.29, 0.717) is 6.42 Å². The molecular formula is C13H12BrF2NO. The molecule has 1 unspecified atom stereocenters. The van der Waals surface area contributed by atoms with Crippen LogP contribution in [-0.2, 0) is 6.42 Å². The van der Waals surface area contributed by atoms with E-state index in [4.69, 9.17) is 4.42 Å². The maximum absolute atomic E-state index is 13.5. The summed E-state index contributed by atoms with van der Waals surface area (Å²) in [5.74, 6) is -0.407. The quantitative estimate of drug-likeness (QED) is 0.848. The van der Waals surface area contributed by atoms with Gasteiger partial charge in [0.2, 0.25) is 0 Å². The highest BCUT2D eigenvalue weighted by Crippen LogP contribution is 2.24. The van der Waals surface area contributed by atoms with Crippen molar-refractivity contribution in [2.24, 2.45) is 0 Å². The summed E-state index contributed by atoms with van der Waals surface area (Å²) in [7, 11) is 0. The molecule has 2 nitrogen and oxygen atoms in total. The van der Waals surface area contributed by atoms with Crippen molar-refractivity contribution >= 4 is 21.6 Å². The summed E-state index contributed by atoms with van der Waals surface area (Å²) in [6, 6.07) is 5.88. The maximum atomic E-state index is 13.5. The fraction of sp³-hybridized carbons (Fsp3) is 0.231. The Morgan fingerprint density at radius 3 is 2.78 bits per heavy atom. The highest BCUT2D eigenvalue weighted by Gasteiger charge is 2.11. The Bertz CT molecular complexity index is 528. The number of rotatable bonds is 4. The molecule has 0 aliphatic heterocycles. The molecule has 0 aliphatic rings. The van der Waals surface area contributed by atoms with Crippen LogP contribution in [0.2, 0.25) is 0 Å². The van der Waals surface area contributed by atoms with Crippen molar-refractivity contribution in [3.63, 3.8) is 0 Å². The van der Waals surface area contributed by atoms with Crippen LogP contribution in [0.3, 0.4) is 0 Å². The van der Waals surface area contributed by atoms with Crippen LogP contribution in [0.15, 0.2) is 39.4 Å². The number of hydrogen-bond acceptors (Lipinski definition) is 2. The van der Waals surface area contributed by atoms with Crippen LogP contribution < -0.4 is 5.32 Å². The maximum Gasteiger partial charge on any atom is 0.149 e. The fourth-order valence-corrected chi connectivity index (χ4v) is 2.02. The molecule has 0 aliphatic carbocycles. The van der Waals surface area contributed by atoms with Gasteiger partial charge < -0.3 is 9.73 Å². The average Bonchev–Trinajstić information content (AvgIpc) is 2.78. The number of benzene rings is 1. The summed E-state index contributed by atoms with van der Waals surface area (Å²) >= 11 is 3.03. The minimum Gasteiger partial charge on any atom is -0.469 e. The van der Waals surface area contributed by atoms with Gasteiger partial charge in [0.25, 0.3) is 0 Å². The minimum absolute atomic E-state index is 0.0250. The van der Waals surface area contributed by atoms with E-state index in [9.17, 15) is 8.78 Å². The van der Waals surface area contributed by atoms with Crippen LogP contribution in [-0.4, -0.2) is 6.04 Å². The lowest BCUT2D eigenvalue weighted by Crippen LogP contribution is -2.18. The molecule has 5 heteroatoms. The van der Waals surface area contributed by atoms with Crippen molar-refractivity contribution in [2.45, 2.75) is 19.4 Å². The largest absolute Gasteiger partial charge is 0.469 e. The predicted octanol–water partition coefficient (Wildman–Crippen LogP) is 4.36. The predicted molar refractivity (Wildman–Crippen MR) is 69.6 cm³/mol. The number of halogens is 3. The molecule has 0 saturated carbocycles. The first-order chi connectivity index (χ1) is 8.56. The van der Waals surface area contributed by atoms with Crippen LogP contribution in [0.5, 0.6) is 0 Å². The topological polar surface area (TPSA) is 25.2 Å². The molecule has 1 aromatic heterocycles. The summed E-state index contributed by atoms with van der Waals surface area (Å²) in [4.78, 5) is 0. The standard InChI is InChI=1S/C13H12BrF2NO/c1-8(5-9-3-2-4-18-9)17-13-6-10(14)11(15)7-12(13)16/h2-4,6-8,17H,5H2,1H3. The van der Waals surface area contributed by atoms with Crippen molar-refractivity contribution in [1.29, 1.82) is 0 Å². The first-order valence-electron chi connectivity index (χ1n) is 5.49. The molecule has 0 spiro atoms. The zero-order chi connectivity index (χ0) is 13.1. The monoisotopic (exact) mass is 315 g/mol. The lowest BCUT2D eigenvalue weighted by molar-refractivity contribution is 0.497. The number of furan rings is 1. The van der Waals surface area contributed by atoms with E-state index in [-0.39, 0.29) is 16.2 Å². The molecule has 0 radical (unpaired) electrons. The van der Waals surface area contributed by atoms with Crippen LogP contribution in [0, 0.1) is 11.6 Å². The molecule has 0 amide bonds. The minimum atomic E-state index is -0.614. The molecule has 2 aromatic rings. The molecule has 1 N–H and O–H groups in total. The highest BCUT2D eigenvalue weighted by atomic mass is 79.9. The van der Waals surface area contributed by atoms with Crippen LogP contribution in [0.1, 0.15) is 12.7 Å². The van der Waals surface area contributed by atoms with E-state index < -0.39 is 11.6 Å². The summed E-state index contributed by atoms with van der Waals surface area (Å²) in [5, 5.41) is 2.98. The van der Waals surface area contributed by atoms with Crippen molar-refractivity contribution in [3.8, 4) is 0 Å². The molecule has 0 bridgehead atoms. The Hall–Kier alpha value is -1.36. The third kappa shape index (κ3) is 3.10. The van der Waals surface area contributed by atoms with Crippen LogP contribution in [0.4, 0.5) is 14.5 Å². The number of anilines is 1. The van der Waals surface area contributed by atoms with Gasteiger partial charge >= 0.3 is 0 Å². The van der Waals surface area contributed by atoms with Crippen molar-refractivity contribution in [3.05, 3.63) is 52.4 Å². The van der Waals surface area contributed by atoms with Crippen molar-refractivity contribution < 1.29 is 13.2 Å². The third-order valence-corrected chi connectivity index (χ3v) is 3.11. The van der Waals surface area contributed by atoms with E-state index in [1.165, 1.54) is 6.07 Å². The van der Waals surface area contributed by atoms with Crippen LogP contribution >= 0.6 is 15.9 Å². The lowest BCUT2D eigenvalue weighted by atomic mass is 10.2. The summed E-state index contributed by atoms with van der Waals surface area (Å²) in [6.07, 6.45) is 2.22. The molecule has 18 heavy (non-hydrogen) atoms. The van der Waals surface area contributed by atoms with E-state index in [0.717, 1.165) is 11.8 Å². The highest BCUT2D eigenvalue weighted by molar-refractivity contribution is 9.10. The Balaban J connectivity index is 2.07. The summed E-state index contributed by atoms with van der Waals surface area (Å²) in [6.45, 7) is 1.90. The molecule has 1 atom stereocenters. The molecule has 96 valence electrons. The van der Waals surface area contributed by atoms with Gasteiger partial charge in [0.05, 0.1) is 16.4 Å². The molecule has 2 rings (SSSR count). The van der Waals surface area contributed by atoms with Gasteiger partial charge in [-0.1, -0.05) is 0 Å². The molecule has 1 heterocycles. The molecule has 1 aromatic carbocycles. The van der Waals surface area contributed by atoms with Crippen molar-refractivity contribution in [2.75, 3.05) is 5.32 Å². The second-order valence-electron chi connectivity index (χ2n) is 4.08. The average molecular weight is 316 g/mol. The lowest BCUT2D eigenvalue weighted by Gasteiger charge is -2.15. The van der Waals surface area contributed by atoms with Gasteiger partial charge in [-0.3, -0.25) is 0 Å². The summed E-state index contributed by atoms with van der Waals surface area (Å²) in [5.41, 5.74) is 0.266. The van der Waals surface area contributed by atoms with Gasteiger partial charge in [0.1, 0.15) is 17.4 Å². The zero-order valence-electron chi connectivity index (χ0n) is 9.71. The Kier molecular flexibility index (Phi) is 4.01. The normalized spacial score (nSPS) is 12.4. The van der Waals surface area contributed by atoms with Crippen LogP contribution in [0.25, 0.3) is 0 Å². The SMILES string of the molecule is CC(Cc1ccco1)Nc1cc(Br)c(F)cc1F. The Morgan fingerprint density at radius 1 is 1.33 bits per heavy atom. The third-order valence-electron chi connectivity index (χ3n) is 2.50. The van der Waals surface area contributed by atoms with Gasteiger partial charge in [0, 0.05) is 18.5 Å². The second-order valence-corrected chi connectivity index (χ2v) is 4.93. The summed E-state index contributed by atoms with van der Waals surface area (Å²) < 4.78 is 32.0. The first kappa shape index (κ1) is 13.1. The smallest absolute Gasteiger partial charge is 0.149 e. The van der Waals surface area contributed by atoms with Gasteiger partial charge in [-0.2, -0.15) is 0 Å². The zero-order valence-corrected chi connectivity index (χ0v) is 11.3. The second kappa shape index (κ2) is 5.52. The van der Waals surface area contributed by atoms with E-state index in [1.54, 1.807) is 12.3 Å². The van der Waals surface area contributed by atoms with E-state index in [2.05, 4.69) is 21.2 Å².